The van der Waals surface area contributed by atoms with Gasteiger partial charge in [0.15, 0.2) is 5.82 Å². The Morgan fingerprint density at radius 2 is 2.10 bits per heavy atom. The van der Waals surface area contributed by atoms with Crippen molar-refractivity contribution in [1.82, 2.24) is 14.9 Å². The number of benzene rings is 1. The zero-order chi connectivity index (χ0) is 22.0. The predicted octanol–water partition coefficient (Wildman–Crippen LogP) is 2.87. The fourth-order valence-corrected chi connectivity index (χ4v) is 4.61. The number of aromatic nitrogens is 2. The van der Waals surface area contributed by atoms with Crippen molar-refractivity contribution in [3.05, 3.63) is 49.5 Å². The van der Waals surface area contributed by atoms with Crippen LogP contribution in [-0.4, -0.2) is 64.7 Å². The van der Waals surface area contributed by atoms with Gasteiger partial charge >= 0.3 is 0 Å². The Morgan fingerprint density at radius 3 is 2.81 bits per heavy atom. The first-order valence-electron chi connectivity index (χ1n) is 10.3. The van der Waals surface area contributed by atoms with Crippen LogP contribution in [-0.2, 0) is 4.74 Å². The van der Waals surface area contributed by atoms with Gasteiger partial charge in [0.1, 0.15) is 10.3 Å². The molecule has 0 bridgehead atoms. The lowest BCUT2D eigenvalue weighted by Crippen LogP contribution is -2.56. The molecular weight excluding hydrogens is 468 g/mol. The largest absolute Gasteiger partial charge is 0.381 e. The maximum atomic E-state index is 12.0. The number of rotatable bonds is 5. The van der Waals surface area contributed by atoms with Crippen molar-refractivity contribution >= 4 is 38.8 Å². The molecule has 0 radical (unpaired) electrons. The third-order valence-corrected chi connectivity index (χ3v) is 6.27. The maximum Gasteiger partial charge on any atom is 0.294 e. The van der Waals surface area contributed by atoms with E-state index in [-0.39, 0.29) is 22.5 Å². The molecule has 0 saturated carbocycles. The molecule has 10 nitrogen and oxygen atoms in total. The Labute approximate surface area is 187 Å². The van der Waals surface area contributed by atoms with Crippen molar-refractivity contribution in [2.45, 2.75) is 31.8 Å². The van der Waals surface area contributed by atoms with Gasteiger partial charge in [0.2, 0.25) is 0 Å². The Bertz CT molecular complexity index is 1010. The van der Waals surface area contributed by atoms with Crippen molar-refractivity contribution in [2.24, 2.45) is 0 Å². The van der Waals surface area contributed by atoms with Gasteiger partial charge in [-0.25, -0.2) is 4.98 Å². The molecular formula is C20H25BrN6O4. The highest BCUT2D eigenvalue weighted by Gasteiger charge is 2.32. The van der Waals surface area contributed by atoms with Gasteiger partial charge in [-0.3, -0.25) is 19.8 Å². The van der Waals surface area contributed by atoms with Crippen LogP contribution in [0.5, 0.6) is 0 Å². The molecule has 2 aliphatic heterocycles. The maximum absolute atomic E-state index is 12.0. The smallest absolute Gasteiger partial charge is 0.294 e. The molecule has 0 aliphatic carbocycles. The van der Waals surface area contributed by atoms with E-state index in [0.29, 0.717) is 22.0 Å². The predicted molar refractivity (Wildman–Crippen MR) is 121 cm³/mol. The van der Waals surface area contributed by atoms with Crippen LogP contribution in [0.1, 0.15) is 19.8 Å². The summed E-state index contributed by atoms with van der Waals surface area (Å²) in [4.78, 5) is 34.6. The standard InChI is InChI=1S/C20H25BrN6O4/c1-13-12-25(15-4-8-31-9-5-15)6-7-26(13)16-3-2-14(10-17(16)27(29)30)23-19-20(28)22-11-18(21)24-19/h2-3,10-11,13,15H,4-9,12H2,1H3,(H,22,28)(H,23,24)/t13-/m0/s1. The zero-order valence-electron chi connectivity index (χ0n) is 17.2. The number of hydrogen-bond acceptors (Lipinski definition) is 8. The van der Waals surface area contributed by atoms with E-state index in [1.54, 1.807) is 12.1 Å². The second-order valence-electron chi connectivity index (χ2n) is 7.87. The van der Waals surface area contributed by atoms with Crippen molar-refractivity contribution in [3.63, 3.8) is 0 Å². The molecule has 3 heterocycles. The third-order valence-electron chi connectivity index (χ3n) is 5.87. The van der Waals surface area contributed by atoms with Gasteiger partial charge in [-0.05, 0) is 47.8 Å². The fraction of sp³-hybridized carbons (Fsp3) is 0.500. The molecule has 2 fully saturated rings. The van der Waals surface area contributed by atoms with Gasteiger partial charge in [-0.15, -0.1) is 0 Å². The van der Waals surface area contributed by atoms with Gasteiger partial charge in [-0.2, -0.15) is 0 Å². The highest BCUT2D eigenvalue weighted by molar-refractivity contribution is 9.10. The minimum absolute atomic E-state index is 0.00258. The van der Waals surface area contributed by atoms with Crippen LogP contribution in [0.2, 0.25) is 0 Å². The second-order valence-corrected chi connectivity index (χ2v) is 8.68. The molecule has 1 aromatic carbocycles. The minimum Gasteiger partial charge on any atom is -0.381 e. The Balaban J connectivity index is 1.53. The number of hydrogen-bond donors (Lipinski definition) is 2. The molecule has 2 aromatic rings. The number of ether oxygens (including phenoxy) is 1. The fourth-order valence-electron chi connectivity index (χ4n) is 4.32. The molecule has 2 N–H and O–H groups in total. The molecule has 1 atom stereocenters. The first-order chi connectivity index (χ1) is 14.9. The summed E-state index contributed by atoms with van der Waals surface area (Å²) in [6.07, 6.45) is 3.51. The van der Waals surface area contributed by atoms with Crippen LogP contribution in [0.3, 0.4) is 0 Å². The molecule has 0 amide bonds. The molecule has 0 unspecified atom stereocenters. The van der Waals surface area contributed by atoms with E-state index in [2.05, 4.69) is 47.9 Å². The summed E-state index contributed by atoms with van der Waals surface area (Å²) >= 11 is 3.20. The van der Waals surface area contributed by atoms with Gasteiger partial charge < -0.3 is 19.9 Å². The summed E-state index contributed by atoms with van der Waals surface area (Å²) in [5, 5.41) is 14.7. The molecule has 31 heavy (non-hydrogen) atoms. The number of piperazine rings is 1. The lowest BCUT2D eigenvalue weighted by Gasteiger charge is -2.45. The van der Waals surface area contributed by atoms with Gasteiger partial charge in [0.25, 0.3) is 11.2 Å². The number of halogens is 1. The Hall–Kier alpha value is -2.50. The Kier molecular flexibility index (Phi) is 6.54. The van der Waals surface area contributed by atoms with Crippen LogP contribution >= 0.6 is 15.9 Å². The highest BCUT2D eigenvalue weighted by Crippen LogP contribution is 2.34. The number of nitrogens with zero attached hydrogens (tertiary/aromatic N) is 4. The van der Waals surface area contributed by atoms with Crippen molar-refractivity contribution in [2.75, 3.05) is 43.1 Å². The molecule has 1 aromatic heterocycles. The summed E-state index contributed by atoms with van der Waals surface area (Å²) in [7, 11) is 0. The normalized spacial score (nSPS) is 20.6. The first kappa shape index (κ1) is 21.7. The summed E-state index contributed by atoms with van der Waals surface area (Å²) in [5.41, 5.74) is 0.612. The van der Waals surface area contributed by atoms with Crippen molar-refractivity contribution in [3.8, 4) is 0 Å². The van der Waals surface area contributed by atoms with E-state index >= 15 is 0 Å². The van der Waals surface area contributed by atoms with Gasteiger partial charge in [0.05, 0.1) is 4.92 Å². The summed E-state index contributed by atoms with van der Waals surface area (Å²) in [6.45, 7) is 6.15. The van der Waals surface area contributed by atoms with Gasteiger partial charge in [0, 0.05) is 62.9 Å². The van der Waals surface area contributed by atoms with E-state index in [1.165, 1.54) is 12.3 Å². The summed E-state index contributed by atoms with van der Waals surface area (Å²) in [6, 6.07) is 5.60. The highest BCUT2D eigenvalue weighted by atomic mass is 79.9. The van der Waals surface area contributed by atoms with E-state index < -0.39 is 5.56 Å². The number of anilines is 3. The van der Waals surface area contributed by atoms with E-state index in [0.717, 1.165) is 45.7 Å². The molecule has 11 heteroatoms. The number of H-pyrrole nitrogens is 1. The Morgan fingerprint density at radius 1 is 1.32 bits per heavy atom. The molecule has 2 saturated heterocycles. The van der Waals surface area contributed by atoms with Crippen LogP contribution in [0.25, 0.3) is 0 Å². The molecule has 2 aliphatic rings. The molecule has 166 valence electrons. The van der Waals surface area contributed by atoms with E-state index in [4.69, 9.17) is 4.74 Å². The van der Waals surface area contributed by atoms with E-state index in [1.807, 2.05) is 0 Å². The van der Waals surface area contributed by atoms with Crippen LogP contribution in [0.15, 0.2) is 33.8 Å². The number of nitro benzene ring substituents is 1. The van der Waals surface area contributed by atoms with Crippen molar-refractivity contribution < 1.29 is 9.66 Å². The number of nitro groups is 1. The first-order valence-corrected chi connectivity index (χ1v) is 11.1. The third kappa shape index (κ3) is 4.89. The lowest BCUT2D eigenvalue weighted by molar-refractivity contribution is -0.384. The zero-order valence-corrected chi connectivity index (χ0v) is 18.8. The molecule has 4 rings (SSSR count). The van der Waals surface area contributed by atoms with Crippen LogP contribution in [0, 0.1) is 10.1 Å². The average Bonchev–Trinajstić information content (AvgIpc) is 2.77. The summed E-state index contributed by atoms with van der Waals surface area (Å²) < 4.78 is 5.93. The SMILES string of the molecule is C[C@H]1CN(C2CCOCC2)CCN1c1ccc(Nc2nc(Br)c[nH]c2=O)cc1[N+](=O)[O-]. The van der Waals surface area contributed by atoms with Crippen molar-refractivity contribution in [1.29, 1.82) is 0 Å². The average molecular weight is 493 g/mol. The van der Waals surface area contributed by atoms with Crippen LogP contribution < -0.4 is 15.8 Å². The number of nitrogens with one attached hydrogen (secondary N) is 2. The lowest BCUT2D eigenvalue weighted by atomic mass is 10.0. The molecule has 0 spiro atoms. The van der Waals surface area contributed by atoms with Crippen LogP contribution in [0.4, 0.5) is 22.9 Å². The minimum atomic E-state index is -0.409. The second kappa shape index (κ2) is 9.33. The van der Waals surface area contributed by atoms with Gasteiger partial charge in [-0.1, -0.05) is 0 Å². The summed E-state index contributed by atoms with van der Waals surface area (Å²) in [5.74, 6) is 0.0647. The van der Waals surface area contributed by atoms with E-state index in [9.17, 15) is 14.9 Å². The topological polar surface area (TPSA) is 117 Å². The monoisotopic (exact) mass is 492 g/mol. The number of aromatic amines is 1. The quantitative estimate of drug-likeness (QED) is 0.483.